The molecule has 0 unspecified atom stereocenters. The molecule has 1 heterocycles. The number of aliphatic hydroxyl groups is 1. The minimum atomic E-state index is -1.54. The maximum atomic E-state index is 12.0. The molecule has 0 aromatic heterocycles. The van der Waals surface area contributed by atoms with E-state index < -0.39 is 11.9 Å². The van der Waals surface area contributed by atoms with Gasteiger partial charge in [-0.2, -0.15) is 0 Å². The van der Waals surface area contributed by atoms with Gasteiger partial charge in [-0.05, 0) is 35.2 Å². The normalized spacial score (nSPS) is 26.9. The van der Waals surface area contributed by atoms with Crippen LogP contribution in [0.2, 0.25) is 5.02 Å². The number of benzene rings is 3. The minimum Gasteiger partial charge on any atom is -0.370 e. The third kappa shape index (κ3) is 6.07. The lowest BCUT2D eigenvalue weighted by molar-refractivity contribution is -0.351. The molecule has 0 spiro atoms. The Bertz CT molecular complexity index is 1010. The highest BCUT2D eigenvalue weighted by Gasteiger charge is 2.53. The smallest absolute Gasteiger partial charge is 0.199 e. The van der Waals surface area contributed by atoms with E-state index in [1.54, 1.807) is 0 Å². The molecule has 0 amide bonds. The molecule has 1 aliphatic heterocycles. The van der Waals surface area contributed by atoms with Gasteiger partial charge in [-0.1, -0.05) is 98.2 Å². The standard InChI is InChI=1S/C29H33ClO4/c1-3-26-21(2)27(32-19-23-10-6-4-7-11-23)28(33-20-24-12-8-5-9-13-24)29(31,34-26)18-22-14-16-25(30)17-15-22/h4-17,21,26-28,31H,3,18-20H2,1-2H3/t21-,26-,27+,28-,29+/m1/s1. The summed E-state index contributed by atoms with van der Waals surface area (Å²) in [5, 5.41) is 12.6. The van der Waals surface area contributed by atoms with Crippen molar-refractivity contribution in [2.45, 2.75) is 64.0 Å². The van der Waals surface area contributed by atoms with E-state index in [1.165, 1.54) is 0 Å². The van der Waals surface area contributed by atoms with Crippen LogP contribution in [0.4, 0.5) is 0 Å². The molecular weight excluding hydrogens is 448 g/mol. The van der Waals surface area contributed by atoms with Gasteiger partial charge in [0.25, 0.3) is 0 Å². The van der Waals surface area contributed by atoms with E-state index in [-0.39, 0.29) is 24.5 Å². The van der Waals surface area contributed by atoms with Gasteiger partial charge in [0.2, 0.25) is 0 Å². The molecule has 1 aliphatic rings. The molecule has 1 N–H and O–H groups in total. The summed E-state index contributed by atoms with van der Waals surface area (Å²) in [6, 6.07) is 27.5. The Hall–Kier alpha value is -2.21. The van der Waals surface area contributed by atoms with Crippen molar-refractivity contribution >= 4 is 11.6 Å². The van der Waals surface area contributed by atoms with Gasteiger partial charge in [0.05, 0.1) is 25.4 Å². The highest BCUT2D eigenvalue weighted by Crippen LogP contribution is 2.39. The molecule has 3 aromatic carbocycles. The first-order valence-corrected chi connectivity index (χ1v) is 12.3. The molecule has 3 aromatic rings. The summed E-state index contributed by atoms with van der Waals surface area (Å²) < 4.78 is 19.3. The Morgan fingerprint density at radius 2 is 1.38 bits per heavy atom. The zero-order chi connectivity index (χ0) is 24.0. The largest absolute Gasteiger partial charge is 0.370 e. The van der Waals surface area contributed by atoms with Crippen LogP contribution < -0.4 is 0 Å². The monoisotopic (exact) mass is 480 g/mol. The highest BCUT2D eigenvalue weighted by atomic mass is 35.5. The first kappa shape index (κ1) is 24.9. The lowest BCUT2D eigenvalue weighted by Gasteiger charge is -2.50. The van der Waals surface area contributed by atoms with Gasteiger partial charge >= 0.3 is 0 Å². The van der Waals surface area contributed by atoms with Gasteiger partial charge in [-0.25, -0.2) is 0 Å². The summed E-state index contributed by atoms with van der Waals surface area (Å²) in [6.45, 7) is 4.98. The number of hydrogen-bond donors (Lipinski definition) is 1. The molecule has 1 fully saturated rings. The van der Waals surface area contributed by atoms with Gasteiger partial charge in [0.15, 0.2) is 5.79 Å². The van der Waals surface area contributed by atoms with Gasteiger partial charge in [0, 0.05) is 17.4 Å². The van der Waals surface area contributed by atoms with E-state index in [4.69, 9.17) is 25.8 Å². The maximum absolute atomic E-state index is 12.0. The molecular formula is C29H33ClO4. The predicted molar refractivity (Wildman–Crippen MR) is 134 cm³/mol. The molecule has 4 rings (SSSR count). The van der Waals surface area contributed by atoms with Gasteiger partial charge in [0.1, 0.15) is 6.10 Å². The van der Waals surface area contributed by atoms with Crippen molar-refractivity contribution in [2.75, 3.05) is 0 Å². The zero-order valence-electron chi connectivity index (χ0n) is 19.8. The summed E-state index contributed by atoms with van der Waals surface area (Å²) >= 11 is 6.08. The van der Waals surface area contributed by atoms with Gasteiger partial charge < -0.3 is 19.3 Å². The van der Waals surface area contributed by atoms with Crippen LogP contribution in [-0.4, -0.2) is 29.2 Å². The molecule has 4 nitrogen and oxygen atoms in total. The van der Waals surface area contributed by atoms with Crippen molar-refractivity contribution in [1.82, 2.24) is 0 Å². The van der Waals surface area contributed by atoms with Crippen molar-refractivity contribution in [3.63, 3.8) is 0 Å². The Morgan fingerprint density at radius 1 is 0.824 bits per heavy atom. The molecule has 5 heteroatoms. The summed E-state index contributed by atoms with van der Waals surface area (Å²) in [4.78, 5) is 0. The van der Waals surface area contributed by atoms with Crippen LogP contribution in [0.5, 0.6) is 0 Å². The average Bonchev–Trinajstić information content (AvgIpc) is 2.86. The third-order valence-electron chi connectivity index (χ3n) is 6.53. The van der Waals surface area contributed by atoms with Crippen molar-refractivity contribution in [2.24, 2.45) is 5.92 Å². The lowest BCUT2D eigenvalue weighted by atomic mass is 9.82. The predicted octanol–water partition coefficient (Wildman–Crippen LogP) is 6.19. The fourth-order valence-electron chi connectivity index (χ4n) is 4.66. The van der Waals surface area contributed by atoms with Crippen molar-refractivity contribution < 1.29 is 19.3 Å². The molecule has 0 radical (unpaired) electrons. The average molecular weight is 481 g/mol. The number of hydrogen-bond acceptors (Lipinski definition) is 4. The van der Waals surface area contributed by atoms with E-state index in [2.05, 4.69) is 13.8 Å². The van der Waals surface area contributed by atoms with Crippen molar-refractivity contribution in [3.05, 3.63) is 107 Å². The number of halogens is 1. The van der Waals surface area contributed by atoms with E-state index >= 15 is 0 Å². The summed E-state index contributed by atoms with van der Waals surface area (Å²) in [5.41, 5.74) is 3.03. The lowest BCUT2D eigenvalue weighted by Crippen LogP contribution is -2.63. The second kappa shape index (κ2) is 11.5. The van der Waals surface area contributed by atoms with Crippen LogP contribution >= 0.6 is 11.6 Å². The van der Waals surface area contributed by atoms with Crippen molar-refractivity contribution in [3.8, 4) is 0 Å². The molecule has 180 valence electrons. The first-order valence-electron chi connectivity index (χ1n) is 11.9. The Morgan fingerprint density at radius 3 is 1.94 bits per heavy atom. The molecule has 1 saturated heterocycles. The van der Waals surface area contributed by atoms with Crippen LogP contribution in [0.1, 0.15) is 37.0 Å². The molecule has 5 atom stereocenters. The Labute approximate surface area is 207 Å². The molecule has 34 heavy (non-hydrogen) atoms. The summed E-state index contributed by atoms with van der Waals surface area (Å²) in [6.07, 6.45) is -0.141. The fraction of sp³-hybridized carbons (Fsp3) is 0.379. The second-order valence-corrected chi connectivity index (χ2v) is 9.49. The van der Waals surface area contributed by atoms with E-state index in [0.29, 0.717) is 18.2 Å². The first-order chi connectivity index (χ1) is 16.5. The van der Waals surface area contributed by atoms with Gasteiger partial charge in [-0.15, -0.1) is 0 Å². The molecule has 0 bridgehead atoms. The van der Waals surface area contributed by atoms with Crippen molar-refractivity contribution in [1.29, 1.82) is 0 Å². The quantitative estimate of drug-likeness (QED) is 0.397. The number of ether oxygens (including phenoxy) is 3. The topological polar surface area (TPSA) is 47.9 Å². The summed E-state index contributed by atoms with van der Waals surface area (Å²) in [7, 11) is 0. The number of rotatable bonds is 9. The SMILES string of the molecule is CC[C@H]1O[C@@](O)(Cc2ccc(Cl)cc2)[C@H](OCc2ccccc2)[C@@H](OCc2ccccc2)[C@@H]1C. The van der Waals surface area contributed by atoms with Crippen LogP contribution in [-0.2, 0) is 33.8 Å². The van der Waals surface area contributed by atoms with E-state index in [1.807, 2.05) is 84.9 Å². The molecule has 0 saturated carbocycles. The Balaban J connectivity index is 1.63. The van der Waals surface area contributed by atoms with Crippen LogP contribution in [0.15, 0.2) is 84.9 Å². The highest BCUT2D eigenvalue weighted by molar-refractivity contribution is 6.30. The van der Waals surface area contributed by atoms with Gasteiger partial charge in [-0.3, -0.25) is 0 Å². The maximum Gasteiger partial charge on any atom is 0.199 e. The fourth-order valence-corrected chi connectivity index (χ4v) is 4.79. The van der Waals surface area contributed by atoms with E-state index in [0.717, 1.165) is 23.1 Å². The zero-order valence-corrected chi connectivity index (χ0v) is 20.5. The molecule has 0 aliphatic carbocycles. The van der Waals surface area contributed by atoms with Crippen LogP contribution in [0.3, 0.4) is 0 Å². The minimum absolute atomic E-state index is 0.0416. The third-order valence-corrected chi connectivity index (χ3v) is 6.79. The van der Waals surface area contributed by atoms with Crippen LogP contribution in [0, 0.1) is 5.92 Å². The summed E-state index contributed by atoms with van der Waals surface area (Å²) in [5.74, 6) is -1.50. The van der Waals surface area contributed by atoms with E-state index in [9.17, 15) is 5.11 Å². The Kier molecular flexibility index (Phi) is 8.41. The van der Waals surface area contributed by atoms with Crippen LogP contribution in [0.25, 0.3) is 0 Å². The second-order valence-electron chi connectivity index (χ2n) is 9.05.